The second kappa shape index (κ2) is 6.24. The van der Waals surface area contributed by atoms with Gasteiger partial charge in [-0.3, -0.25) is 4.79 Å². The minimum atomic E-state index is 0.0158. The van der Waals surface area contributed by atoms with Crippen molar-refractivity contribution in [2.45, 2.75) is 25.7 Å². The van der Waals surface area contributed by atoms with Gasteiger partial charge < -0.3 is 10.6 Å². The summed E-state index contributed by atoms with van der Waals surface area (Å²) in [6, 6.07) is 3.65. The lowest BCUT2D eigenvalue weighted by molar-refractivity contribution is -0.123. The maximum absolute atomic E-state index is 11.8. The van der Waals surface area contributed by atoms with Crippen LogP contribution in [0.25, 0.3) is 0 Å². The van der Waals surface area contributed by atoms with Crippen LogP contribution in [0.1, 0.15) is 25.7 Å². The second-order valence-electron chi connectivity index (χ2n) is 4.29. The molecule has 0 aromatic carbocycles. The summed E-state index contributed by atoms with van der Waals surface area (Å²) in [7, 11) is 0. The molecule has 0 bridgehead atoms. The van der Waals surface area contributed by atoms with Gasteiger partial charge in [-0.05, 0) is 53.1 Å². The van der Waals surface area contributed by atoms with E-state index in [1.165, 1.54) is 0 Å². The molecule has 1 amide bonds. The lowest BCUT2D eigenvalue weighted by Crippen LogP contribution is -2.37. The molecule has 0 radical (unpaired) electrons. The summed E-state index contributed by atoms with van der Waals surface area (Å²) in [6.07, 6.45) is 5.86. The first kappa shape index (κ1) is 13.4. The molecule has 0 spiro atoms. The predicted molar refractivity (Wildman–Crippen MR) is 78.3 cm³/mol. The Morgan fingerprint density at radius 3 is 2.72 bits per heavy atom. The largest absolute Gasteiger partial charge is 0.317 e. The normalized spacial score (nSPS) is 15.4. The molecule has 4 nitrogen and oxygen atoms in total. The van der Waals surface area contributed by atoms with Crippen molar-refractivity contribution in [1.29, 1.82) is 0 Å². The number of halogens is 1. The topological polar surface area (TPSA) is 54.0 Å². The van der Waals surface area contributed by atoms with Crippen molar-refractivity contribution < 1.29 is 4.79 Å². The number of nitrogens with zero attached hydrogens (tertiary/aromatic N) is 1. The van der Waals surface area contributed by atoms with E-state index >= 15 is 0 Å². The van der Waals surface area contributed by atoms with E-state index in [4.69, 9.17) is 12.2 Å². The highest BCUT2D eigenvalue weighted by atomic mass is 79.9. The van der Waals surface area contributed by atoms with Crippen LogP contribution in [0.3, 0.4) is 0 Å². The molecular weight excluding hydrogens is 314 g/mol. The maximum atomic E-state index is 11.8. The standard InChI is InChI=1S/C12H14BrN3OS/c13-9-5-6-10(14-7-9)15-12(18)16-11(17)8-3-1-2-4-8/h5-8H,1-4H2,(H2,14,15,16,17,18). The maximum Gasteiger partial charge on any atom is 0.229 e. The molecule has 1 saturated carbocycles. The smallest absolute Gasteiger partial charge is 0.229 e. The van der Waals surface area contributed by atoms with Gasteiger partial charge in [0.1, 0.15) is 5.82 Å². The molecule has 2 N–H and O–H groups in total. The molecule has 18 heavy (non-hydrogen) atoms. The molecule has 1 aromatic heterocycles. The fraction of sp³-hybridized carbons (Fsp3) is 0.417. The first-order valence-electron chi connectivity index (χ1n) is 5.88. The first-order valence-corrected chi connectivity index (χ1v) is 7.08. The van der Waals surface area contributed by atoms with Gasteiger partial charge in [-0.1, -0.05) is 12.8 Å². The quantitative estimate of drug-likeness (QED) is 0.820. The molecule has 2 rings (SSSR count). The van der Waals surface area contributed by atoms with E-state index < -0.39 is 0 Å². The van der Waals surface area contributed by atoms with Crippen molar-refractivity contribution in [2.24, 2.45) is 5.92 Å². The summed E-state index contributed by atoms with van der Waals surface area (Å²) >= 11 is 8.39. The second-order valence-corrected chi connectivity index (χ2v) is 5.61. The number of carbonyl (C=O) groups excluding carboxylic acids is 1. The molecule has 96 valence electrons. The molecule has 0 aliphatic heterocycles. The monoisotopic (exact) mass is 327 g/mol. The number of pyridine rings is 1. The Hall–Kier alpha value is -1.01. The van der Waals surface area contributed by atoms with Crippen LogP contribution >= 0.6 is 28.1 Å². The number of aromatic nitrogens is 1. The van der Waals surface area contributed by atoms with Crippen molar-refractivity contribution >= 4 is 45.0 Å². The highest BCUT2D eigenvalue weighted by Crippen LogP contribution is 2.24. The molecule has 1 aliphatic rings. The molecule has 0 atom stereocenters. The van der Waals surface area contributed by atoms with Crippen molar-refractivity contribution in [2.75, 3.05) is 5.32 Å². The minimum absolute atomic E-state index is 0.0158. The van der Waals surface area contributed by atoms with E-state index in [2.05, 4.69) is 31.5 Å². The number of carbonyl (C=O) groups is 1. The Labute approximate surface area is 120 Å². The molecular formula is C12H14BrN3OS. The zero-order valence-corrected chi connectivity index (χ0v) is 12.2. The number of nitrogens with one attached hydrogen (secondary N) is 2. The fourth-order valence-electron chi connectivity index (χ4n) is 2.00. The fourth-order valence-corrected chi connectivity index (χ4v) is 2.44. The van der Waals surface area contributed by atoms with E-state index in [-0.39, 0.29) is 11.8 Å². The van der Waals surface area contributed by atoms with Gasteiger partial charge in [0, 0.05) is 16.6 Å². The summed E-state index contributed by atoms with van der Waals surface area (Å²) in [6.45, 7) is 0. The third-order valence-corrected chi connectivity index (χ3v) is 3.60. The number of thiocarbonyl (C=S) groups is 1. The Morgan fingerprint density at radius 2 is 2.11 bits per heavy atom. The summed E-state index contributed by atoms with van der Waals surface area (Å²) < 4.78 is 0.897. The molecule has 0 unspecified atom stereocenters. The third kappa shape index (κ3) is 3.74. The average Bonchev–Trinajstić information content (AvgIpc) is 2.85. The van der Waals surface area contributed by atoms with Gasteiger partial charge in [-0.2, -0.15) is 0 Å². The van der Waals surface area contributed by atoms with Crippen LogP contribution in [0.4, 0.5) is 5.82 Å². The van der Waals surface area contributed by atoms with Crippen molar-refractivity contribution in [1.82, 2.24) is 10.3 Å². The van der Waals surface area contributed by atoms with Gasteiger partial charge >= 0.3 is 0 Å². The lowest BCUT2D eigenvalue weighted by atomic mass is 10.1. The van der Waals surface area contributed by atoms with Gasteiger partial charge in [0.15, 0.2) is 5.11 Å². The van der Waals surface area contributed by atoms with Crippen molar-refractivity contribution in [3.05, 3.63) is 22.8 Å². The van der Waals surface area contributed by atoms with Gasteiger partial charge in [0.25, 0.3) is 0 Å². The van der Waals surface area contributed by atoms with Crippen LogP contribution in [0.2, 0.25) is 0 Å². The summed E-state index contributed by atoms with van der Waals surface area (Å²) in [5, 5.41) is 5.91. The molecule has 1 aliphatic carbocycles. The van der Waals surface area contributed by atoms with Gasteiger partial charge in [0.2, 0.25) is 5.91 Å². The van der Waals surface area contributed by atoms with Gasteiger partial charge in [-0.15, -0.1) is 0 Å². The molecule has 1 aromatic rings. The zero-order valence-electron chi connectivity index (χ0n) is 9.78. The number of hydrogen-bond donors (Lipinski definition) is 2. The van der Waals surface area contributed by atoms with Crippen LogP contribution < -0.4 is 10.6 Å². The predicted octanol–water partition coefficient (Wildman–Crippen LogP) is 2.85. The van der Waals surface area contributed by atoms with E-state index in [0.717, 1.165) is 30.2 Å². The molecule has 1 heterocycles. The average molecular weight is 328 g/mol. The Balaban J connectivity index is 1.84. The summed E-state index contributed by atoms with van der Waals surface area (Å²) in [4.78, 5) is 16.0. The zero-order chi connectivity index (χ0) is 13.0. The third-order valence-electron chi connectivity index (χ3n) is 2.93. The van der Waals surface area contributed by atoms with Gasteiger partial charge in [-0.25, -0.2) is 4.98 Å². The number of rotatable bonds is 2. The highest BCUT2D eigenvalue weighted by molar-refractivity contribution is 9.10. The van der Waals surface area contributed by atoms with E-state index in [1.54, 1.807) is 12.3 Å². The van der Waals surface area contributed by atoms with Gasteiger partial charge in [0.05, 0.1) is 0 Å². The van der Waals surface area contributed by atoms with Crippen LogP contribution in [0.15, 0.2) is 22.8 Å². The molecule has 1 fully saturated rings. The number of amides is 1. The van der Waals surface area contributed by atoms with Crippen LogP contribution in [-0.4, -0.2) is 16.0 Å². The highest BCUT2D eigenvalue weighted by Gasteiger charge is 2.23. The summed E-state index contributed by atoms with van der Waals surface area (Å²) in [5.74, 6) is 0.750. The number of anilines is 1. The van der Waals surface area contributed by atoms with Crippen LogP contribution in [0.5, 0.6) is 0 Å². The molecule has 0 saturated heterocycles. The minimum Gasteiger partial charge on any atom is -0.317 e. The lowest BCUT2D eigenvalue weighted by Gasteiger charge is -2.12. The molecule has 6 heteroatoms. The van der Waals surface area contributed by atoms with E-state index in [0.29, 0.717) is 10.9 Å². The van der Waals surface area contributed by atoms with Crippen LogP contribution in [-0.2, 0) is 4.79 Å². The van der Waals surface area contributed by atoms with E-state index in [9.17, 15) is 4.79 Å². The summed E-state index contributed by atoms with van der Waals surface area (Å²) in [5.41, 5.74) is 0. The van der Waals surface area contributed by atoms with Crippen LogP contribution in [0, 0.1) is 5.92 Å². The SMILES string of the molecule is O=C(NC(=S)Nc1ccc(Br)cn1)C1CCCC1. The van der Waals surface area contributed by atoms with Crippen molar-refractivity contribution in [3.8, 4) is 0 Å². The Morgan fingerprint density at radius 1 is 1.39 bits per heavy atom. The Kier molecular flexibility index (Phi) is 4.66. The Bertz CT molecular complexity index is 443. The van der Waals surface area contributed by atoms with E-state index in [1.807, 2.05) is 6.07 Å². The number of hydrogen-bond acceptors (Lipinski definition) is 3. The first-order chi connectivity index (χ1) is 8.65. The van der Waals surface area contributed by atoms with Crippen molar-refractivity contribution in [3.63, 3.8) is 0 Å².